The molecule has 0 saturated heterocycles. The number of hydrogen-bond acceptors (Lipinski definition) is 5. The van der Waals surface area contributed by atoms with Crippen molar-refractivity contribution in [3.8, 4) is 0 Å². The fraction of sp³-hybridized carbons (Fsp3) is 0. The molecule has 0 atom stereocenters. The van der Waals surface area contributed by atoms with Gasteiger partial charge in [0.25, 0.3) is 5.16 Å². The number of hydrogen-bond donors (Lipinski definition) is 3. The number of rotatable bonds is 1. The number of aromatic amines is 2. The molecular weight excluding hydrogens is 251 g/mol. The third-order valence-electron chi connectivity index (χ3n) is 1.53. The molecule has 0 unspecified atom stereocenters. The second-order valence-electron chi connectivity index (χ2n) is 2.45. The Morgan fingerprint density at radius 3 is 2.73 bits per heavy atom. The quantitative estimate of drug-likeness (QED) is 0.283. The van der Waals surface area contributed by atoms with E-state index in [1.54, 1.807) is 0 Å². The first-order chi connectivity index (χ1) is 6.48. The van der Waals surface area contributed by atoms with Crippen molar-refractivity contribution in [2.24, 2.45) is 0 Å². The van der Waals surface area contributed by atoms with Gasteiger partial charge >= 0.3 is 10.1 Å². The number of nitrogens with zero attached hydrogens (tertiary/aromatic N) is 2. The minimum atomic E-state index is -4.38. The van der Waals surface area contributed by atoms with E-state index in [0.717, 1.165) is 0 Å². The van der Waals surface area contributed by atoms with Gasteiger partial charge in [0, 0.05) is 29.6 Å². The summed E-state index contributed by atoms with van der Waals surface area (Å²) >= 11 is 4.79. The van der Waals surface area contributed by atoms with E-state index in [-0.39, 0.29) is 39.8 Å². The molecule has 15 heavy (non-hydrogen) atoms. The van der Waals surface area contributed by atoms with Crippen molar-refractivity contribution in [1.29, 1.82) is 0 Å². The van der Waals surface area contributed by atoms with E-state index >= 15 is 0 Å². The van der Waals surface area contributed by atoms with Crippen LogP contribution in [0.5, 0.6) is 0 Å². The molecule has 7 nitrogen and oxygen atoms in total. The molecule has 0 aliphatic carbocycles. The zero-order valence-electron chi connectivity index (χ0n) is 7.55. The van der Waals surface area contributed by atoms with Crippen molar-refractivity contribution in [1.82, 2.24) is 19.9 Å². The van der Waals surface area contributed by atoms with Gasteiger partial charge in [-0.2, -0.15) is 8.42 Å². The van der Waals surface area contributed by atoms with Crippen molar-refractivity contribution in [3.63, 3.8) is 0 Å². The second-order valence-corrected chi connectivity index (χ2v) is 4.17. The molecule has 0 fully saturated rings. The van der Waals surface area contributed by atoms with Crippen LogP contribution in [0.2, 0.25) is 0 Å². The van der Waals surface area contributed by atoms with Crippen molar-refractivity contribution in [2.45, 2.75) is 5.16 Å². The van der Waals surface area contributed by atoms with Gasteiger partial charge in [0.15, 0.2) is 10.3 Å². The van der Waals surface area contributed by atoms with Gasteiger partial charge in [0.2, 0.25) is 0 Å². The Morgan fingerprint density at radius 1 is 1.47 bits per heavy atom. The van der Waals surface area contributed by atoms with E-state index in [4.69, 9.17) is 16.8 Å². The summed E-state index contributed by atoms with van der Waals surface area (Å²) in [6.45, 7) is 0. The molecule has 2 aromatic heterocycles. The van der Waals surface area contributed by atoms with E-state index in [1.807, 2.05) is 0 Å². The van der Waals surface area contributed by atoms with Crippen molar-refractivity contribution in [2.75, 3.05) is 0 Å². The van der Waals surface area contributed by atoms with E-state index < -0.39 is 15.3 Å². The molecule has 2 rings (SSSR count). The molecule has 2 aromatic rings. The summed E-state index contributed by atoms with van der Waals surface area (Å²) < 4.78 is 30.2. The third-order valence-corrected chi connectivity index (χ3v) is 2.50. The fourth-order valence-electron chi connectivity index (χ4n) is 0.952. The van der Waals surface area contributed by atoms with Crippen LogP contribution < -0.4 is 0 Å². The molecular formula is C5H4N4NaO3S2. The van der Waals surface area contributed by atoms with Gasteiger partial charge < -0.3 is 9.97 Å². The number of H-pyrrole nitrogens is 2. The van der Waals surface area contributed by atoms with Crippen LogP contribution in [0, 0.1) is 4.64 Å². The zero-order valence-corrected chi connectivity index (χ0v) is 11.2. The Kier molecular flexibility index (Phi) is 3.63. The Bertz CT molecular complexity index is 646. The molecule has 75 valence electrons. The van der Waals surface area contributed by atoms with Crippen molar-refractivity contribution < 1.29 is 13.0 Å². The first-order valence-electron chi connectivity index (χ1n) is 3.39. The van der Waals surface area contributed by atoms with Gasteiger partial charge in [-0.05, 0) is 0 Å². The summed E-state index contributed by atoms with van der Waals surface area (Å²) in [5.41, 5.74) is 0.657. The van der Waals surface area contributed by atoms with Crippen LogP contribution in [0.15, 0.2) is 11.5 Å². The van der Waals surface area contributed by atoms with Crippen LogP contribution in [0.25, 0.3) is 11.2 Å². The first kappa shape index (κ1) is 12.7. The van der Waals surface area contributed by atoms with Crippen LogP contribution in [0.1, 0.15) is 0 Å². The van der Waals surface area contributed by atoms with Gasteiger partial charge in [-0.3, -0.25) is 4.55 Å². The predicted octanol–water partition coefficient (Wildman–Crippen LogP) is -0.119. The minimum Gasteiger partial charge on any atom is -0.341 e. The van der Waals surface area contributed by atoms with Gasteiger partial charge in [0.05, 0.1) is 6.33 Å². The van der Waals surface area contributed by atoms with Gasteiger partial charge in [-0.1, -0.05) is 12.2 Å². The Hall–Kier alpha value is -0.320. The Balaban J connectivity index is 0.00000112. The van der Waals surface area contributed by atoms with Gasteiger partial charge in [0.1, 0.15) is 5.52 Å². The monoisotopic (exact) mass is 255 g/mol. The summed E-state index contributed by atoms with van der Waals surface area (Å²) in [6.07, 6.45) is 1.34. The van der Waals surface area contributed by atoms with E-state index in [0.29, 0.717) is 5.52 Å². The maximum atomic E-state index is 10.7. The van der Waals surface area contributed by atoms with Crippen molar-refractivity contribution in [3.05, 3.63) is 11.0 Å². The molecule has 1 radical (unpaired) electrons. The predicted molar refractivity (Wildman–Crippen MR) is 54.6 cm³/mol. The summed E-state index contributed by atoms with van der Waals surface area (Å²) in [7, 11) is -4.38. The molecule has 0 aliphatic rings. The summed E-state index contributed by atoms with van der Waals surface area (Å²) in [5.74, 6) is 0. The molecule has 0 saturated carbocycles. The largest absolute Gasteiger partial charge is 0.341 e. The van der Waals surface area contributed by atoms with E-state index in [1.165, 1.54) is 6.33 Å². The number of imidazole rings is 1. The normalized spacial score (nSPS) is 11.3. The Morgan fingerprint density at radius 2 is 2.13 bits per heavy atom. The smallest absolute Gasteiger partial charge is 0.328 e. The van der Waals surface area contributed by atoms with Crippen LogP contribution in [-0.4, -0.2) is 62.5 Å². The SMILES string of the molecule is O=S(=O)(O)c1nc(=S)c2[nH]cnc2[nH]1.[Na]. The molecule has 0 spiro atoms. The number of fused-ring (bicyclic) bond motifs is 1. The Labute approximate surface area is 111 Å². The molecule has 2 heterocycles. The van der Waals surface area contributed by atoms with Crippen LogP contribution in [0.4, 0.5) is 0 Å². The number of nitrogens with one attached hydrogen (secondary N) is 2. The fourth-order valence-corrected chi connectivity index (χ4v) is 1.69. The first-order valence-corrected chi connectivity index (χ1v) is 5.24. The summed E-state index contributed by atoms with van der Waals surface area (Å²) in [4.78, 5) is 12.3. The topological polar surface area (TPSA) is 112 Å². The summed E-state index contributed by atoms with van der Waals surface area (Å²) in [5, 5.41) is -0.609. The van der Waals surface area contributed by atoms with Crippen molar-refractivity contribution >= 4 is 63.1 Å². The van der Waals surface area contributed by atoms with E-state index in [9.17, 15) is 8.42 Å². The molecule has 0 aliphatic heterocycles. The maximum Gasteiger partial charge on any atom is 0.328 e. The van der Waals surface area contributed by atoms with E-state index in [2.05, 4.69) is 19.9 Å². The van der Waals surface area contributed by atoms with Crippen LogP contribution >= 0.6 is 12.2 Å². The minimum absolute atomic E-state index is 0. The zero-order chi connectivity index (χ0) is 10.3. The van der Waals surface area contributed by atoms with Crippen LogP contribution in [-0.2, 0) is 10.1 Å². The third kappa shape index (κ3) is 2.44. The molecule has 0 bridgehead atoms. The molecule has 3 N–H and O–H groups in total. The molecule has 0 amide bonds. The molecule has 0 aromatic carbocycles. The maximum absolute atomic E-state index is 10.7. The summed E-state index contributed by atoms with van der Waals surface area (Å²) in [6, 6.07) is 0. The van der Waals surface area contributed by atoms with Gasteiger partial charge in [-0.15, -0.1) is 0 Å². The van der Waals surface area contributed by atoms with Gasteiger partial charge in [-0.25, -0.2) is 9.97 Å². The molecule has 10 heteroatoms. The number of aromatic nitrogens is 4. The average Bonchev–Trinajstić information content (AvgIpc) is 2.50. The van der Waals surface area contributed by atoms with Crippen LogP contribution in [0.3, 0.4) is 0 Å². The standard InChI is InChI=1S/C5H4N4O3S2.Na/c10-14(11,12)5-8-3-2(4(13)9-5)6-1-7-3;/h1H,(H,10,11,12)(H2,6,7,8,9,13);. The average molecular weight is 255 g/mol. The second kappa shape index (κ2) is 4.28.